The SMILES string of the molecule is CC(C)C1CCC(OCC2C(N)CCCN2C(=O)C2CC(O)C2)CC1. The molecule has 1 heterocycles. The summed E-state index contributed by atoms with van der Waals surface area (Å²) in [5.41, 5.74) is 6.35. The molecule has 2 atom stereocenters. The van der Waals surface area contributed by atoms with E-state index in [4.69, 9.17) is 10.5 Å². The summed E-state index contributed by atoms with van der Waals surface area (Å²) in [4.78, 5) is 14.7. The van der Waals surface area contributed by atoms with E-state index in [0.717, 1.165) is 44.1 Å². The third-order valence-electron chi connectivity index (χ3n) is 6.74. The van der Waals surface area contributed by atoms with Crippen molar-refractivity contribution in [1.82, 2.24) is 4.90 Å². The maximum atomic E-state index is 12.8. The number of piperidine rings is 1. The number of hydrogen-bond acceptors (Lipinski definition) is 4. The van der Waals surface area contributed by atoms with Gasteiger partial charge in [0.25, 0.3) is 0 Å². The number of ether oxygens (including phenoxy) is 1. The Bertz CT molecular complexity index is 442. The van der Waals surface area contributed by atoms with Gasteiger partial charge in [-0.1, -0.05) is 13.8 Å². The van der Waals surface area contributed by atoms with E-state index in [0.29, 0.717) is 25.6 Å². The molecule has 0 aromatic rings. The predicted octanol–water partition coefficient (Wildman–Crippen LogP) is 2.31. The van der Waals surface area contributed by atoms with E-state index in [2.05, 4.69) is 13.8 Å². The monoisotopic (exact) mass is 352 g/mol. The molecular weight excluding hydrogens is 316 g/mol. The first-order valence-electron chi connectivity index (χ1n) is 10.3. The maximum Gasteiger partial charge on any atom is 0.226 e. The minimum atomic E-state index is -0.293. The molecule has 3 aliphatic rings. The van der Waals surface area contributed by atoms with Gasteiger partial charge in [-0.25, -0.2) is 0 Å². The van der Waals surface area contributed by atoms with Crippen LogP contribution in [-0.2, 0) is 9.53 Å². The van der Waals surface area contributed by atoms with Crippen molar-refractivity contribution in [3.05, 3.63) is 0 Å². The van der Waals surface area contributed by atoms with Gasteiger partial charge in [0, 0.05) is 18.5 Å². The molecule has 1 amide bonds. The van der Waals surface area contributed by atoms with E-state index in [9.17, 15) is 9.90 Å². The fourth-order valence-electron chi connectivity index (χ4n) is 4.75. The van der Waals surface area contributed by atoms with Crippen LogP contribution in [0.5, 0.6) is 0 Å². The molecule has 3 fully saturated rings. The van der Waals surface area contributed by atoms with Crippen LogP contribution >= 0.6 is 0 Å². The van der Waals surface area contributed by atoms with Crippen LogP contribution < -0.4 is 5.73 Å². The predicted molar refractivity (Wildman–Crippen MR) is 98.0 cm³/mol. The number of hydrogen-bond donors (Lipinski definition) is 2. The Morgan fingerprint density at radius 2 is 1.88 bits per heavy atom. The molecule has 1 saturated heterocycles. The molecule has 5 heteroatoms. The molecule has 1 aliphatic heterocycles. The van der Waals surface area contributed by atoms with Crippen molar-refractivity contribution in [3.63, 3.8) is 0 Å². The van der Waals surface area contributed by atoms with Gasteiger partial charge in [0.15, 0.2) is 0 Å². The van der Waals surface area contributed by atoms with Gasteiger partial charge in [-0.15, -0.1) is 0 Å². The number of aliphatic hydroxyl groups is 1. The first-order valence-corrected chi connectivity index (χ1v) is 10.3. The summed E-state index contributed by atoms with van der Waals surface area (Å²) in [6.45, 7) is 5.98. The maximum absolute atomic E-state index is 12.8. The van der Waals surface area contributed by atoms with Gasteiger partial charge < -0.3 is 20.5 Å². The Morgan fingerprint density at radius 3 is 2.48 bits per heavy atom. The lowest BCUT2D eigenvalue weighted by Gasteiger charge is -2.44. The van der Waals surface area contributed by atoms with Crippen LogP contribution in [0.15, 0.2) is 0 Å². The Morgan fingerprint density at radius 1 is 1.20 bits per heavy atom. The van der Waals surface area contributed by atoms with Gasteiger partial charge in [0.2, 0.25) is 5.91 Å². The number of nitrogens with zero attached hydrogens (tertiary/aromatic N) is 1. The van der Waals surface area contributed by atoms with Crippen LogP contribution in [0.4, 0.5) is 0 Å². The molecule has 3 rings (SSSR count). The highest BCUT2D eigenvalue weighted by atomic mass is 16.5. The number of nitrogens with two attached hydrogens (primary N) is 1. The van der Waals surface area contributed by atoms with Crippen molar-refractivity contribution in [3.8, 4) is 0 Å². The van der Waals surface area contributed by atoms with Gasteiger partial charge >= 0.3 is 0 Å². The minimum absolute atomic E-state index is 0.00168. The third-order valence-corrected chi connectivity index (χ3v) is 6.74. The Hall–Kier alpha value is -0.650. The first-order chi connectivity index (χ1) is 12.0. The zero-order valence-corrected chi connectivity index (χ0v) is 15.9. The van der Waals surface area contributed by atoms with E-state index in [-0.39, 0.29) is 30.0 Å². The molecule has 5 nitrogen and oxygen atoms in total. The van der Waals surface area contributed by atoms with Crippen LogP contribution in [-0.4, -0.2) is 53.4 Å². The van der Waals surface area contributed by atoms with Crippen molar-refractivity contribution in [1.29, 1.82) is 0 Å². The molecule has 2 unspecified atom stereocenters. The van der Waals surface area contributed by atoms with Crippen molar-refractivity contribution in [2.24, 2.45) is 23.5 Å². The average molecular weight is 353 g/mol. The molecule has 0 radical (unpaired) electrons. The molecule has 3 N–H and O–H groups in total. The van der Waals surface area contributed by atoms with Crippen LogP contribution in [0.1, 0.15) is 65.2 Å². The number of carbonyl (C=O) groups is 1. The quantitative estimate of drug-likeness (QED) is 0.796. The molecule has 2 saturated carbocycles. The smallest absolute Gasteiger partial charge is 0.226 e. The Kier molecular flexibility index (Phi) is 6.39. The zero-order chi connectivity index (χ0) is 18.0. The highest BCUT2D eigenvalue weighted by molar-refractivity contribution is 5.80. The van der Waals surface area contributed by atoms with Crippen molar-refractivity contribution in [2.75, 3.05) is 13.2 Å². The van der Waals surface area contributed by atoms with Crippen molar-refractivity contribution >= 4 is 5.91 Å². The zero-order valence-electron chi connectivity index (χ0n) is 15.9. The molecule has 2 aliphatic carbocycles. The summed E-state index contributed by atoms with van der Waals surface area (Å²) in [6.07, 6.45) is 7.95. The second-order valence-corrected chi connectivity index (χ2v) is 8.84. The lowest BCUT2D eigenvalue weighted by Crippen LogP contribution is -2.59. The fraction of sp³-hybridized carbons (Fsp3) is 0.950. The summed E-state index contributed by atoms with van der Waals surface area (Å²) < 4.78 is 6.23. The molecule has 144 valence electrons. The fourth-order valence-corrected chi connectivity index (χ4v) is 4.75. The number of aliphatic hydroxyl groups excluding tert-OH is 1. The molecule has 0 bridgehead atoms. The van der Waals surface area contributed by atoms with Gasteiger partial charge in [-0.2, -0.15) is 0 Å². The topological polar surface area (TPSA) is 75.8 Å². The highest BCUT2D eigenvalue weighted by Gasteiger charge is 2.41. The summed E-state index contributed by atoms with van der Waals surface area (Å²) in [7, 11) is 0. The number of amides is 1. The number of carbonyl (C=O) groups excluding carboxylic acids is 1. The highest BCUT2D eigenvalue weighted by Crippen LogP contribution is 2.33. The van der Waals surface area contributed by atoms with Crippen LogP contribution in [0.25, 0.3) is 0 Å². The largest absolute Gasteiger partial charge is 0.393 e. The molecule has 0 aromatic heterocycles. The number of likely N-dealkylation sites (tertiary alicyclic amines) is 1. The van der Waals surface area contributed by atoms with Crippen molar-refractivity contribution in [2.45, 2.75) is 89.5 Å². The lowest BCUT2D eigenvalue weighted by molar-refractivity contribution is -0.149. The average Bonchev–Trinajstić information content (AvgIpc) is 2.57. The van der Waals surface area contributed by atoms with E-state index in [1.165, 1.54) is 12.8 Å². The van der Waals surface area contributed by atoms with Gasteiger partial charge in [-0.05, 0) is 63.2 Å². The van der Waals surface area contributed by atoms with E-state index >= 15 is 0 Å². The second-order valence-electron chi connectivity index (χ2n) is 8.84. The van der Waals surface area contributed by atoms with E-state index < -0.39 is 0 Å². The third kappa shape index (κ3) is 4.55. The normalized spacial score (nSPS) is 39.3. The molecule has 25 heavy (non-hydrogen) atoms. The van der Waals surface area contributed by atoms with Gasteiger partial charge in [0.1, 0.15) is 0 Å². The summed E-state index contributed by atoms with van der Waals surface area (Å²) in [5.74, 6) is 1.76. The standard InChI is InChI=1S/C20H36N2O3/c1-13(2)14-5-7-17(8-6-14)25-12-19-18(21)4-3-9-22(19)20(24)15-10-16(23)11-15/h13-19,23H,3-12,21H2,1-2H3. The van der Waals surface area contributed by atoms with Gasteiger partial charge in [-0.3, -0.25) is 4.79 Å². The van der Waals surface area contributed by atoms with E-state index in [1.54, 1.807) is 0 Å². The molecule has 0 spiro atoms. The lowest BCUT2D eigenvalue weighted by atomic mass is 9.80. The first kappa shape index (κ1) is 19.1. The number of rotatable bonds is 5. The van der Waals surface area contributed by atoms with Crippen molar-refractivity contribution < 1.29 is 14.6 Å². The van der Waals surface area contributed by atoms with Gasteiger partial charge in [0.05, 0.1) is 24.9 Å². The summed E-state index contributed by atoms with van der Waals surface area (Å²) >= 11 is 0. The molecule has 0 aromatic carbocycles. The van der Waals surface area contributed by atoms with Crippen LogP contribution in [0.3, 0.4) is 0 Å². The Balaban J connectivity index is 1.51. The van der Waals surface area contributed by atoms with Crippen LogP contribution in [0, 0.1) is 17.8 Å². The summed E-state index contributed by atoms with van der Waals surface area (Å²) in [6, 6.07) is 0.0107. The second kappa shape index (κ2) is 8.36. The van der Waals surface area contributed by atoms with E-state index in [1.807, 2.05) is 4.90 Å². The minimum Gasteiger partial charge on any atom is -0.393 e. The van der Waals surface area contributed by atoms with Crippen LogP contribution in [0.2, 0.25) is 0 Å². The summed E-state index contributed by atoms with van der Waals surface area (Å²) in [5, 5.41) is 9.50. The Labute approximate surface area is 152 Å². The molecular formula is C20H36N2O3.